The largest absolute Gasteiger partial charge is 0.392 e. The number of hydrogen-bond donors (Lipinski definition) is 1. The minimum atomic E-state index is -3.69. The van der Waals surface area contributed by atoms with E-state index in [9.17, 15) is 13.5 Å². The van der Waals surface area contributed by atoms with Crippen molar-refractivity contribution in [2.45, 2.75) is 30.6 Å². The average Bonchev–Trinajstić information content (AvgIpc) is 2.99. The molecule has 5 nitrogen and oxygen atoms in total. The molecule has 0 aromatic heterocycles. The molecule has 6 heteroatoms. The Morgan fingerprint density at radius 3 is 2.32 bits per heavy atom. The van der Waals surface area contributed by atoms with E-state index in [1.54, 1.807) is 43.3 Å². The second-order valence-corrected chi connectivity index (χ2v) is 7.80. The summed E-state index contributed by atoms with van der Waals surface area (Å²) in [6, 6.07) is 8.22. The third kappa shape index (κ3) is 2.31. The van der Waals surface area contributed by atoms with Crippen LogP contribution in [-0.4, -0.2) is 38.6 Å². The monoisotopic (exact) mass is 324 g/mol. The van der Waals surface area contributed by atoms with E-state index in [4.69, 9.17) is 9.47 Å². The van der Waals surface area contributed by atoms with Gasteiger partial charge < -0.3 is 14.6 Å². The van der Waals surface area contributed by atoms with Crippen LogP contribution in [0.4, 0.5) is 0 Å². The van der Waals surface area contributed by atoms with Crippen molar-refractivity contribution < 1.29 is 23.0 Å². The van der Waals surface area contributed by atoms with Crippen molar-refractivity contribution in [3.05, 3.63) is 41.3 Å². The van der Waals surface area contributed by atoms with Crippen molar-refractivity contribution in [1.82, 2.24) is 0 Å². The lowest BCUT2D eigenvalue weighted by Crippen LogP contribution is -2.49. The lowest BCUT2D eigenvalue weighted by molar-refractivity contribution is -0.187. The molecule has 1 N–H and O–H groups in total. The summed E-state index contributed by atoms with van der Waals surface area (Å²) in [5.74, 6) is -2.00. The zero-order chi connectivity index (χ0) is 16.0. The van der Waals surface area contributed by atoms with Gasteiger partial charge in [0.15, 0.2) is 5.79 Å². The molecule has 1 fully saturated rings. The Morgan fingerprint density at radius 2 is 1.73 bits per heavy atom. The zero-order valence-corrected chi connectivity index (χ0v) is 13.4. The maximum Gasteiger partial charge on any atom is 0.203 e. The first-order valence-electron chi connectivity index (χ1n) is 7.37. The van der Waals surface area contributed by atoms with Gasteiger partial charge in [-0.25, -0.2) is 8.42 Å². The number of aliphatic hydroxyl groups excluding tert-OH is 1. The molecule has 1 aromatic rings. The smallest absolute Gasteiger partial charge is 0.203 e. The molecule has 1 heterocycles. The molecule has 1 aliphatic carbocycles. The van der Waals surface area contributed by atoms with Crippen LogP contribution in [-0.2, 0) is 19.3 Å². The van der Waals surface area contributed by atoms with E-state index in [0.29, 0.717) is 13.2 Å². The maximum absolute atomic E-state index is 12.9. The van der Waals surface area contributed by atoms with Crippen molar-refractivity contribution in [1.29, 1.82) is 0 Å². The molecule has 1 aliphatic heterocycles. The zero-order valence-electron chi connectivity index (χ0n) is 12.6. The van der Waals surface area contributed by atoms with Gasteiger partial charge in [0.2, 0.25) is 9.84 Å². The van der Waals surface area contributed by atoms with Crippen molar-refractivity contribution >= 4 is 9.84 Å². The summed E-state index contributed by atoms with van der Waals surface area (Å²) in [4.78, 5) is 0.370. The molecule has 1 saturated heterocycles. The quantitative estimate of drug-likeness (QED) is 0.897. The highest BCUT2D eigenvalue weighted by Crippen LogP contribution is 2.44. The molecular formula is C16H20O5S. The molecule has 0 amide bonds. The van der Waals surface area contributed by atoms with Crippen molar-refractivity contribution in [3.63, 3.8) is 0 Å². The first-order chi connectivity index (χ1) is 10.4. The van der Waals surface area contributed by atoms with Gasteiger partial charge in [-0.2, -0.15) is 0 Å². The van der Waals surface area contributed by atoms with Gasteiger partial charge in [-0.15, -0.1) is 0 Å². The standard InChI is InChI=1S/C16H20O5S/c1-11-14(22(18,19)13-6-4-3-5-7-13)10-16(12(2)15(11)17)20-8-9-21-16/h3-7,10-12,15,17H,8-9H2,1-2H3/t11-,12-,15-/m0/s1. The second kappa shape index (κ2) is 5.45. The van der Waals surface area contributed by atoms with Crippen LogP contribution in [0.25, 0.3) is 0 Å². The summed E-state index contributed by atoms with van der Waals surface area (Å²) in [6.07, 6.45) is 0.696. The van der Waals surface area contributed by atoms with E-state index in [0.717, 1.165) is 0 Å². The summed E-state index contributed by atoms with van der Waals surface area (Å²) >= 11 is 0. The first kappa shape index (κ1) is 15.7. The van der Waals surface area contributed by atoms with Crippen molar-refractivity contribution in [2.75, 3.05) is 13.2 Å². The third-order valence-corrected chi connectivity index (χ3v) is 6.56. The van der Waals surface area contributed by atoms with Gasteiger partial charge in [-0.05, 0) is 18.2 Å². The van der Waals surface area contributed by atoms with Gasteiger partial charge in [0.1, 0.15) is 0 Å². The average molecular weight is 324 g/mol. The number of rotatable bonds is 2. The Bertz CT molecular complexity index is 674. The van der Waals surface area contributed by atoms with Crippen LogP contribution in [0.5, 0.6) is 0 Å². The molecule has 0 saturated carbocycles. The molecule has 1 spiro atoms. The van der Waals surface area contributed by atoms with E-state index in [2.05, 4.69) is 0 Å². The second-order valence-electron chi connectivity index (χ2n) is 5.85. The lowest BCUT2D eigenvalue weighted by Gasteiger charge is -2.41. The van der Waals surface area contributed by atoms with Gasteiger partial charge in [-0.1, -0.05) is 32.0 Å². The third-order valence-electron chi connectivity index (χ3n) is 4.55. The summed E-state index contributed by atoms with van der Waals surface area (Å²) in [7, 11) is -3.69. The summed E-state index contributed by atoms with van der Waals surface area (Å²) in [6.45, 7) is 4.31. The van der Waals surface area contributed by atoms with Gasteiger partial charge in [0.05, 0.1) is 29.1 Å². The van der Waals surface area contributed by atoms with Crippen molar-refractivity contribution in [2.24, 2.45) is 11.8 Å². The predicted octanol–water partition coefficient (Wildman–Crippen LogP) is 1.73. The molecule has 22 heavy (non-hydrogen) atoms. The van der Waals surface area contributed by atoms with E-state index < -0.39 is 27.6 Å². The van der Waals surface area contributed by atoms with E-state index in [1.807, 2.05) is 6.92 Å². The van der Waals surface area contributed by atoms with Crippen LogP contribution >= 0.6 is 0 Å². The number of sulfone groups is 1. The molecule has 2 aliphatic rings. The van der Waals surface area contributed by atoms with Crippen LogP contribution in [0.1, 0.15) is 13.8 Å². The normalized spacial score (nSPS) is 31.2. The number of benzene rings is 1. The Morgan fingerprint density at radius 1 is 1.14 bits per heavy atom. The summed E-state index contributed by atoms with van der Waals surface area (Å²) < 4.78 is 37.1. The Balaban J connectivity index is 2.12. The molecule has 1 aromatic carbocycles. The minimum absolute atomic E-state index is 0.159. The first-order valence-corrected chi connectivity index (χ1v) is 8.86. The highest BCUT2D eigenvalue weighted by molar-refractivity contribution is 7.95. The molecule has 0 bridgehead atoms. The number of aliphatic hydroxyl groups is 1. The van der Waals surface area contributed by atoms with Gasteiger partial charge in [0, 0.05) is 11.8 Å². The minimum Gasteiger partial charge on any atom is -0.392 e. The van der Waals surface area contributed by atoms with Crippen LogP contribution in [0.2, 0.25) is 0 Å². The maximum atomic E-state index is 12.9. The van der Waals surface area contributed by atoms with Gasteiger partial charge >= 0.3 is 0 Å². The van der Waals surface area contributed by atoms with E-state index >= 15 is 0 Å². The molecule has 0 unspecified atom stereocenters. The molecular weight excluding hydrogens is 304 g/mol. The lowest BCUT2D eigenvalue weighted by atomic mass is 9.81. The van der Waals surface area contributed by atoms with Crippen LogP contribution < -0.4 is 0 Å². The highest BCUT2D eigenvalue weighted by Gasteiger charge is 2.51. The molecule has 3 rings (SSSR count). The Hall–Kier alpha value is -1.21. The van der Waals surface area contributed by atoms with Crippen LogP contribution in [0.15, 0.2) is 46.2 Å². The Labute approximate surface area is 130 Å². The SMILES string of the molecule is C[C@H]1C(S(=O)(=O)c2ccccc2)=CC2(OCCO2)[C@@H](C)[C@H]1O. The fourth-order valence-corrected chi connectivity index (χ4v) is 4.88. The molecule has 3 atom stereocenters. The van der Waals surface area contributed by atoms with Gasteiger partial charge in [-0.3, -0.25) is 0 Å². The fraction of sp³-hybridized carbons (Fsp3) is 0.500. The van der Waals surface area contributed by atoms with Crippen LogP contribution in [0.3, 0.4) is 0 Å². The summed E-state index contributed by atoms with van der Waals surface area (Å²) in [5.41, 5.74) is 0. The topological polar surface area (TPSA) is 72.8 Å². The molecule has 0 radical (unpaired) electrons. The predicted molar refractivity (Wildman–Crippen MR) is 80.7 cm³/mol. The number of ether oxygens (including phenoxy) is 2. The summed E-state index contributed by atoms with van der Waals surface area (Å²) in [5, 5.41) is 10.5. The highest BCUT2D eigenvalue weighted by atomic mass is 32.2. The van der Waals surface area contributed by atoms with E-state index in [1.165, 1.54) is 0 Å². The van der Waals surface area contributed by atoms with Crippen LogP contribution in [0, 0.1) is 11.8 Å². The van der Waals surface area contributed by atoms with Crippen molar-refractivity contribution in [3.8, 4) is 0 Å². The van der Waals surface area contributed by atoms with E-state index in [-0.39, 0.29) is 15.7 Å². The van der Waals surface area contributed by atoms with Gasteiger partial charge in [0.25, 0.3) is 0 Å². The molecule has 120 valence electrons. The Kier molecular flexibility index (Phi) is 3.89. The fourth-order valence-electron chi connectivity index (χ4n) is 3.15. The number of hydrogen-bond acceptors (Lipinski definition) is 5.